The van der Waals surface area contributed by atoms with E-state index in [1.54, 1.807) is 12.1 Å². The second-order valence-electron chi connectivity index (χ2n) is 9.26. The molecule has 2 aromatic rings. The number of Topliss-reactive ketones (excluding diaryl/α,β-unsaturated/α-hetero) is 1. The maximum Gasteiger partial charge on any atom is 0.417 e. The molecule has 4 aliphatic rings. The second kappa shape index (κ2) is 8.08. The topological polar surface area (TPSA) is 46.5 Å². The molecule has 174 valence electrons. The lowest BCUT2D eigenvalue weighted by molar-refractivity contribution is -0.137. The van der Waals surface area contributed by atoms with Gasteiger partial charge >= 0.3 is 6.18 Å². The van der Waals surface area contributed by atoms with E-state index in [1.807, 2.05) is 13.0 Å². The van der Waals surface area contributed by atoms with Crippen LogP contribution < -0.4 is 4.74 Å². The van der Waals surface area contributed by atoms with Gasteiger partial charge in [-0.2, -0.15) is 13.2 Å². The summed E-state index contributed by atoms with van der Waals surface area (Å²) in [6.07, 6.45) is 0.291. The number of hydrogen-bond acceptors (Lipinski definition) is 3. The Morgan fingerprint density at radius 2 is 1.61 bits per heavy atom. The molecule has 3 fully saturated rings. The van der Waals surface area contributed by atoms with E-state index in [-0.39, 0.29) is 29.1 Å². The van der Waals surface area contributed by atoms with Gasteiger partial charge < -0.3 is 9.84 Å². The molecular weight excluding hydrogens is 453 g/mol. The van der Waals surface area contributed by atoms with Crippen molar-refractivity contribution in [3.8, 4) is 11.5 Å². The molecule has 7 heteroatoms. The van der Waals surface area contributed by atoms with Crippen molar-refractivity contribution in [2.45, 2.75) is 45.2 Å². The monoisotopic (exact) mass is 476 g/mol. The van der Waals surface area contributed by atoms with Crippen LogP contribution in [0.3, 0.4) is 0 Å². The number of carbonyl (C=O) groups excluding carboxylic acids is 1. The van der Waals surface area contributed by atoms with Gasteiger partial charge in [-0.05, 0) is 79.3 Å². The fraction of sp³-hybridized carbons (Fsp3) is 0.423. The van der Waals surface area contributed by atoms with Gasteiger partial charge in [-0.1, -0.05) is 24.6 Å². The van der Waals surface area contributed by atoms with Crippen molar-refractivity contribution in [3.05, 3.63) is 63.9 Å². The average Bonchev–Trinajstić information content (AvgIpc) is 3.06. The number of rotatable bonds is 4. The zero-order valence-corrected chi connectivity index (χ0v) is 18.8. The van der Waals surface area contributed by atoms with Crippen LogP contribution in [0.4, 0.5) is 13.2 Å². The summed E-state index contributed by atoms with van der Waals surface area (Å²) in [6, 6.07) is 8.47. The number of aryl methyl sites for hydroxylation is 1. The van der Waals surface area contributed by atoms with Crippen LogP contribution in [0.1, 0.15) is 49.3 Å². The summed E-state index contributed by atoms with van der Waals surface area (Å²) in [7, 11) is 0. The van der Waals surface area contributed by atoms with E-state index in [0.717, 1.165) is 43.4 Å². The minimum absolute atomic E-state index is 0.0105. The summed E-state index contributed by atoms with van der Waals surface area (Å²) in [6.45, 7) is 1.97. The highest BCUT2D eigenvalue weighted by Crippen LogP contribution is 2.57. The number of alkyl halides is 3. The Hall–Kier alpha value is -2.47. The first-order valence-corrected chi connectivity index (χ1v) is 11.7. The third-order valence-corrected chi connectivity index (χ3v) is 7.87. The quantitative estimate of drug-likeness (QED) is 0.493. The van der Waals surface area contributed by atoms with Crippen molar-refractivity contribution in [3.63, 3.8) is 0 Å². The molecule has 2 aromatic carbocycles. The van der Waals surface area contributed by atoms with Crippen LogP contribution in [0, 0.1) is 23.7 Å². The number of halogens is 4. The third kappa shape index (κ3) is 3.72. The summed E-state index contributed by atoms with van der Waals surface area (Å²) < 4.78 is 44.8. The largest absolute Gasteiger partial charge is 0.511 e. The molecule has 0 saturated heterocycles. The van der Waals surface area contributed by atoms with Crippen LogP contribution in [-0.4, -0.2) is 10.9 Å². The zero-order chi connectivity index (χ0) is 23.5. The predicted molar refractivity (Wildman–Crippen MR) is 119 cm³/mol. The van der Waals surface area contributed by atoms with E-state index in [9.17, 15) is 23.1 Å². The maximum absolute atomic E-state index is 13.5. The van der Waals surface area contributed by atoms with Crippen LogP contribution in [0.5, 0.6) is 11.5 Å². The minimum Gasteiger partial charge on any atom is -0.511 e. The number of hydrogen-bond donors (Lipinski definition) is 1. The molecule has 0 radical (unpaired) electrons. The van der Waals surface area contributed by atoms with Crippen LogP contribution in [0.15, 0.2) is 42.2 Å². The van der Waals surface area contributed by atoms with Gasteiger partial charge in [-0.3, -0.25) is 4.79 Å². The van der Waals surface area contributed by atoms with Crippen molar-refractivity contribution < 1.29 is 27.8 Å². The molecule has 2 bridgehead atoms. The molecule has 0 amide bonds. The van der Waals surface area contributed by atoms with E-state index in [4.69, 9.17) is 16.3 Å². The molecule has 3 nitrogen and oxygen atoms in total. The Balaban J connectivity index is 1.50. The van der Waals surface area contributed by atoms with Gasteiger partial charge in [0.2, 0.25) is 0 Å². The number of benzene rings is 2. The summed E-state index contributed by atoms with van der Waals surface area (Å²) in [5.41, 5.74) is 1.01. The first-order valence-electron chi connectivity index (χ1n) is 11.3. The summed E-state index contributed by atoms with van der Waals surface area (Å²) in [5, 5.41) is 10.7. The molecule has 2 unspecified atom stereocenters. The zero-order valence-electron chi connectivity index (χ0n) is 18.1. The molecule has 4 aliphatic carbocycles. The Kier molecular flexibility index (Phi) is 5.47. The predicted octanol–water partition coefficient (Wildman–Crippen LogP) is 7.62. The first kappa shape index (κ1) is 22.3. The number of fused-ring (bicyclic) bond motifs is 2. The van der Waals surface area contributed by atoms with Gasteiger partial charge in [0, 0.05) is 17.9 Å². The van der Waals surface area contributed by atoms with E-state index >= 15 is 0 Å². The number of ketones is 1. The molecule has 0 aliphatic heterocycles. The second-order valence-corrected chi connectivity index (χ2v) is 9.67. The van der Waals surface area contributed by atoms with Crippen molar-refractivity contribution in [2.75, 3.05) is 0 Å². The van der Waals surface area contributed by atoms with Gasteiger partial charge in [-0.15, -0.1) is 0 Å². The molecular formula is C26H24ClF3O3. The molecule has 33 heavy (non-hydrogen) atoms. The smallest absolute Gasteiger partial charge is 0.417 e. The van der Waals surface area contributed by atoms with Crippen LogP contribution in [-0.2, 0) is 17.4 Å². The number of ether oxygens (including phenoxy) is 1. The third-order valence-electron chi connectivity index (χ3n) is 7.55. The lowest BCUT2D eigenvalue weighted by Crippen LogP contribution is -2.41. The van der Waals surface area contributed by atoms with Gasteiger partial charge in [0.25, 0.3) is 0 Å². The Morgan fingerprint density at radius 1 is 1.00 bits per heavy atom. The van der Waals surface area contributed by atoms with Gasteiger partial charge in [-0.25, -0.2) is 0 Å². The number of aliphatic hydroxyl groups is 1. The van der Waals surface area contributed by atoms with E-state index in [1.165, 1.54) is 6.07 Å². The van der Waals surface area contributed by atoms with Crippen LogP contribution in [0.25, 0.3) is 5.57 Å². The molecule has 3 saturated carbocycles. The van der Waals surface area contributed by atoms with Gasteiger partial charge in [0.1, 0.15) is 17.3 Å². The Labute approximate surface area is 195 Å². The van der Waals surface area contributed by atoms with Gasteiger partial charge in [0.15, 0.2) is 5.78 Å². The Morgan fingerprint density at radius 3 is 2.18 bits per heavy atom. The average molecular weight is 477 g/mol. The molecule has 2 atom stereocenters. The normalized spacial score (nSPS) is 26.6. The molecule has 0 aromatic heterocycles. The summed E-state index contributed by atoms with van der Waals surface area (Å²) >= 11 is 5.82. The molecule has 0 heterocycles. The molecule has 0 spiro atoms. The lowest BCUT2D eigenvalue weighted by atomic mass is 9.59. The number of carbonyl (C=O) groups is 1. The standard InChI is InChI=1S/C26H24ClF3O3/c1-2-13-7-8-16(33-17-9-10-19(20(27)12-17)26(28,29)30)11-18(13)23-24(31)21-14-3-4-15(6-5-14)22(21)25(23)32/h7-12,14-15,21-22,31H,2-6H2,1H3/t14-,15+,21?,22?. The first-order chi connectivity index (χ1) is 15.7. The highest BCUT2D eigenvalue weighted by Gasteiger charge is 2.54. The molecule has 1 N–H and O–H groups in total. The number of allylic oxidation sites excluding steroid dienone is 2. The highest BCUT2D eigenvalue weighted by molar-refractivity contribution is 6.31. The van der Waals surface area contributed by atoms with E-state index in [0.29, 0.717) is 35.1 Å². The van der Waals surface area contributed by atoms with Crippen LogP contribution in [0.2, 0.25) is 5.02 Å². The SMILES string of the molecule is CCc1ccc(Oc2ccc(C(F)(F)F)c(Cl)c2)cc1C1=C(O)C2C(C1=O)[C@H]1CC[C@@H]2CC1. The fourth-order valence-electron chi connectivity index (χ4n) is 6.04. The Bertz CT molecular complexity index is 1150. The van der Waals surface area contributed by atoms with Crippen molar-refractivity contribution in [1.82, 2.24) is 0 Å². The minimum atomic E-state index is -4.55. The van der Waals surface area contributed by atoms with Gasteiger partial charge in [0.05, 0.1) is 16.2 Å². The summed E-state index contributed by atoms with van der Waals surface area (Å²) in [4.78, 5) is 13.5. The highest BCUT2D eigenvalue weighted by atomic mass is 35.5. The lowest BCUT2D eigenvalue weighted by Gasteiger charge is -2.44. The number of aliphatic hydroxyl groups excluding tert-OH is 1. The van der Waals surface area contributed by atoms with E-state index in [2.05, 4.69) is 0 Å². The van der Waals surface area contributed by atoms with Crippen LogP contribution >= 0.6 is 11.6 Å². The molecule has 6 rings (SSSR count). The maximum atomic E-state index is 13.5. The van der Waals surface area contributed by atoms with Crippen molar-refractivity contribution in [2.24, 2.45) is 23.7 Å². The summed E-state index contributed by atoms with van der Waals surface area (Å²) in [5.74, 6) is 1.17. The van der Waals surface area contributed by atoms with Crippen molar-refractivity contribution in [1.29, 1.82) is 0 Å². The van der Waals surface area contributed by atoms with E-state index < -0.39 is 16.8 Å². The van der Waals surface area contributed by atoms with Crippen molar-refractivity contribution >= 4 is 23.0 Å². The fourth-order valence-corrected chi connectivity index (χ4v) is 6.31.